The number of aliphatic hydroxyl groups is 1. The third-order valence-corrected chi connectivity index (χ3v) is 3.70. The molecule has 1 aliphatic rings. The van der Waals surface area contributed by atoms with Gasteiger partial charge in [-0.05, 0) is 52.6 Å². The Kier molecular flexibility index (Phi) is 4.33. The standard InChI is InChI=1S/C12H23NO3/c1-9(14)10-5-7-13(8-6-10)12(2,3)11(15)16-4/h9-10,14H,5-8H2,1-4H3. The van der Waals surface area contributed by atoms with Gasteiger partial charge in [-0.1, -0.05) is 0 Å². The van der Waals surface area contributed by atoms with Gasteiger partial charge in [0.2, 0.25) is 0 Å². The van der Waals surface area contributed by atoms with Crippen LogP contribution in [0.1, 0.15) is 33.6 Å². The number of likely N-dealkylation sites (tertiary alicyclic amines) is 1. The minimum atomic E-state index is -0.557. The van der Waals surface area contributed by atoms with Crippen LogP contribution in [0, 0.1) is 5.92 Å². The van der Waals surface area contributed by atoms with E-state index in [0.29, 0.717) is 5.92 Å². The summed E-state index contributed by atoms with van der Waals surface area (Å²) in [6.45, 7) is 7.31. The predicted molar refractivity (Wildman–Crippen MR) is 62.1 cm³/mol. The molecule has 16 heavy (non-hydrogen) atoms. The second-order valence-electron chi connectivity index (χ2n) is 5.12. The third-order valence-electron chi connectivity index (χ3n) is 3.70. The first-order valence-corrected chi connectivity index (χ1v) is 5.91. The lowest BCUT2D eigenvalue weighted by Gasteiger charge is -2.41. The molecule has 94 valence electrons. The lowest BCUT2D eigenvalue weighted by molar-refractivity contribution is -0.154. The fourth-order valence-corrected chi connectivity index (χ4v) is 2.32. The van der Waals surface area contributed by atoms with E-state index in [-0.39, 0.29) is 12.1 Å². The highest BCUT2D eigenvalue weighted by atomic mass is 16.5. The van der Waals surface area contributed by atoms with Crippen molar-refractivity contribution in [1.82, 2.24) is 4.90 Å². The normalized spacial score (nSPS) is 21.8. The first-order chi connectivity index (χ1) is 7.39. The maximum absolute atomic E-state index is 11.6. The molecule has 0 radical (unpaired) electrons. The van der Waals surface area contributed by atoms with Gasteiger partial charge in [0.05, 0.1) is 13.2 Å². The Labute approximate surface area is 97.6 Å². The van der Waals surface area contributed by atoms with Crippen LogP contribution in [0.15, 0.2) is 0 Å². The number of hydrogen-bond donors (Lipinski definition) is 1. The van der Waals surface area contributed by atoms with Crippen LogP contribution in [0.5, 0.6) is 0 Å². The van der Waals surface area contributed by atoms with Gasteiger partial charge in [-0.2, -0.15) is 0 Å². The number of rotatable bonds is 3. The summed E-state index contributed by atoms with van der Waals surface area (Å²) in [6, 6.07) is 0. The van der Waals surface area contributed by atoms with Crippen molar-refractivity contribution < 1.29 is 14.6 Å². The number of methoxy groups -OCH3 is 1. The molecule has 1 fully saturated rings. The Morgan fingerprint density at radius 3 is 2.31 bits per heavy atom. The lowest BCUT2D eigenvalue weighted by atomic mass is 9.89. The minimum Gasteiger partial charge on any atom is -0.468 e. The number of piperidine rings is 1. The average molecular weight is 229 g/mol. The molecule has 0 aliphatic carbocycles. The zero-order valence-corrected chi connectivity index (χ0v) is 10.7. The number of esters is 1. The van der Waals surface area contributed by atoms with Crippen LogP contribution in [0.2, 0.25) is 0 Å². The van der Waals surface area contributed by atoms with Gasteiger partial charge < -0.3 is 9.84 Å². The molecule has 1 saturated heterocycles. The highest BCUT2D eigenvalue weighted by Crippen LogP contribution is 2.26. The Morgan fingerprint density at radius 1 is 1.44 bits per heavy atom. The smallest absolute Gasteiger partial charge is 0.325 e. The van der Waals surface area contributed by atoms with Crippen molar-refractivity contribution in [2.45, 2.75) is 45.3 Å². The summed E-state index contributed by atoms with van der Waals surface area (Å²) in [6.07, 6.45) is 1.64. The van der Waals surface area contributed by atoms with Crippen molar-refractivity contribution in [2.24, 2.45) is 5.92 Å². The predicted octanol–water partition coefficient (Wildman–Crippen LogP) is 1.03. The second kappa shape index (κ2) is 5.15. The zero-order valence-electron chi connectivity index (χ0n) is 10.7. The molecule has 1 N–H and O–H groups in total. The molecule has 1 heterocycles. The number of aliphatic hydroxyl groups excluding tert-OH is 1. The van der Waals surface area contributed by atoms with Crippen molar-refractivity contribution in [3.63, 3.8) is 0 Å². The van der Waals surface area contributed by atoms with E-state index in [1.807, 2.05) is 20.8 Å². The zero-order chi connectivity index (χ0) is 12.3. The van der Waals surface area contributed by atoms with Crippen molar-refractivity contribution in [3.05, 3.63) is 0 Å². The Morgan fingerprint density at radius 2 is 1.94 bits per heavy atom. The third kappa shape index (κ3) is 2.74. The molecule has 1 unspecified atom stereocenters. The van der Waals surface area contributed by atoms with E-state index in [2.05, 4.69) is 4.90 Å². The fourth-order valence-electron chi connectivity index (χ4n) is 2.32. The fraction of sp³-hybridized carbons (Fsp3) is 0.917. The Hall–Kier alpha value is -0.610. The van der Waals surface area contributed by atoms with Crippen LogP contribution in [-0.2, 0) is 9.53 Å². The summed E-state index contributed by atoms with van der Waals surface area (Å²) >= 11 is 0. The molecule has 0 spiro atoms. The van der Waals surface area contributed by atoms with Gasteiger partial charge in [0.25, 0.3) is 0 Å². The average Bonchev–Trinajstić information content (AvgIpc) is 2.28. The van der Waals surface area contributed by atoms with Crippen molar-refractivity contribution in [3.8, 4) is 0 Å². The summed E-state index contributed by atoms with van der Waals surface area (Å²) < 4.78 is 4.81. The molecule has 0 aromatic carbocycles. The highest BCUT2D eigenvalue weighted by molar-refractivity contribution is 5.79. The lowest BCUT2D eigenvalue weighted by Crippen LogP contribution is -2.54. The molecule has 1 aliphatic heterocycles. The van der Waals surface area contributed by atoms with Crippen LogP contribution in [0.4, 0.5) is 0 Å². The highest BCUT2D eigenvalue weighted by Gasteiger charge is 2.38. The van der Waals surface area contributed by atoms with Gasteiger partial charge in [0, 0.05) is 0 Å². The Bertz CT molecular complexity index is 243. The summed E-state index contributed by atoms with van der Waals surface area (Å²) in [5.74, 6) is 0.174. The molecular formula is C12H23NO3. The molecule has 0 amide bonds. The molecule has 4 nitrogen and oxygen atoms in total. The summed E-state index contributed by atoms with van der Waals surface area (Å²) in [5.41, 5.74) is -0.557. The van der Waals surface area contributed by atoms with Crippen molar-refractivity contribution in [2.75, 3.05) is 20.2 Å². The van der Waals surface area contributed by atoms with E-state index in [0.717, 1.165) is 25.9 Å². The van der Waals surface area contributed by atoms with Crippen LogP contribution in [0.3, 0.4) is 0 Å². The number of carbonyl (C=O) groups is 1. The first-order valence-electron chi connectivity index (χ1n) is 5.91. The molecule has 4 heteroatoms. The van der Waals surface area contributed by atoms with Crippen LogP contribution in [0.25, 0.3) is 0 Å². The van der Waals surface area contributed by atoms with E-state index in [1.165, 1.54) is 7.11 Å². The van der Waals surface area contributed by atoms with Gasteiger partial charge in [0.1, 0.15) is 5.54 Å². The number of hydrogen-bond acceptors (Lipinski definition) is 4. The van der Waals surface area contributed by atoms with Crippen LogP contribution in [-0.4, -0.2) is 47.8 Å². The largest absolute Gasteiger partial charge is 0.468 e. The van der Waals surface area contributed by atoms with Gasteiger partial charge in [-0.25, -0.2) is 0 Å². The number of ether oxygens (including phenoxy) is 1. The Balaban J connectivity index is 2.56. The van der Waals surface area contributed by atoms with Gasteiger partial charge in [0.15, 0.2) is 0 Å². The number of nitrogens with zero attached hydrogens (tertiary/aromatic N) is 1. The quantitative estimate of drug-likeness (QED) is 0.734. The summed E-state index contributed by atoms with van der Waals surface area (Å²) in [5, 5.41) is 9.51. The molecule has 1 atom stereocenters. The monoisotopic (exact) mass is 229 g/mol. The second-order valence-corrected chi connectivity index (χ2v) is 5.12. The van der Waals surface area contributed by atoms with Crippen molar-refractivity contribution >= 4 is 5.97 Å². The van der Waals surface area contributed by atoms with E-state index < -0.39 is 5.54 Å². The van der Waals surface area contributed by atoms with Crippen LogP contribution >= 0.6 is 0 Å². The molecule has 0 bridgehead atoms. The molecule has 0 aromatic rings. The van der Waals surface area contributed by atoms with E-state index in [9.17, 15) is 9.90 Å². The molecule has 0 aromatic heterocycles. The molecule has 0 saturated carbocycles. The molecular weight excluding hydrogens is 206 g/mol. The maximum Gasteiger partial charge on any atom is 0.325 e. The van der Waals surface area contributed by atoms with Gasteiger partial charge in [-0.3, -0.25) is 9.69 Å². The first kappa shape index (κ1) is 13.5. The number of carbonyl (C=O) groups excluding carboxylic acids is 1. The topological polar surface area (TPSA) is 49.8 Å². The molecule has 1 rings (SSSR count). The summed E-state index contributed by atoms with van der Waals surface area (Å²) in [7, 11) is 1.42. The van der Waals surface area contributed by atoms with E-state index >= 15 is 0 Å². The van der Waals surface area contributed by atoms with Crippen LogP contribution < -0.4 is 0 Å². The minimum absolute atomic E-state index is 0.192. The van der Waals surface area contributed by atoms with E-state index in [4.69, 9.17) is 4.74 Å². The summed E-state index contributed by atoms with van der Waals surface area (Å²) in [4.78, 5) is 13.8. The van der Waals surface area contributed by atoms with Crippen molar-refractivity contribution in [1.29, 1.82) is 0 Å². The SMILES string of the molecule is COC(=O)C(C)(C)N1CCC(C(C)O)CC1. The van der Waals surface area contributed by atoms with E-state index in [1.54, 1.807) is 0 Å². The maximum atomic E-state index is 11.6. The van der Waals surface area contributed by atoms with Gasteiger partial charge >= 0.3 is 5.97 Å². The van der Waals surface area contributed by atoms with Gasteiger partial charge in [-0.15, -0.1) is 0 Å².